The Morgan fingerprint density at radius 2 is 1.74 bits per heavy atom. The summed E-state index contributed by atoms with van der Waals surface area (Å²) in [6.07, 6.45) is -2.07. The maximum absolute atomic E-state index is 11.8. The van der Waals surface area contributed by atoms with E-state index in [9.17, 15) is 19.5 Å². The average molecular weight is 324 g/mol. The standard InChI is InChI=1S/C15H20N2O6/c1-9(13(19)17-12(10(2)18)14(20)21)16-15(22)23-8-11-6-4-3-5-7-11/h3-7,9-10,12,18H,8H2,1-2H3,(H,16,22)(H,17,19)(H,20,21)/t9-,10-,12-/m1/s1. The molecule has 1 aromatic rings. The molecule has 1 rings (SSSR count). The van der Waals surface area contributed by atoms with Gasteiger partial charge in [0.25, 0.3) is 0 Å². The lowest BCUT2D eigenvalue weighted by molar-refractivity contribution is -0.145. The molecule has 0 aliphatic heterocycles. The van der Waals surface area contributed by atoms with E-state index in [-0.39, 0.29) is 6.61 Å². The van der Waals surface area contributed by atoms with Gasteiger partial charge >= 0.3 is 12.1 Å². The first-order valence-corrected chi connectivity index (χ1v) is 6.99. The van der Waals surface area contributed by atoms with Crippen molar-refractivity contribution >= 4 is 18.0 Å². The summed E-state index contributed by atoms with van der Waals surface area (Å²) in [6, 6.07) is 6.53. The number of hydrogen-bond donors (Lipinski definition) is 4. The van der Waals surface area contributed by atoms with Crippen LogP contribution in [0.5, 0.6) is 0 Å². The molecule has 8 nitrogen and oxygen atoms in total. The molecule has 0 aliphatic carbocycles. The highest BCUT2D eigenvalue weighted by Crippen LogP contribution is 2.01. The van der Waals surface area contributed by atoms with E-state index in [0.29, 0.717) is 0 Å². The molecule has 0 saturated heterocycles. The van der Waals surface area contributed by atoms with Gasteiger partial charge in [-0.1, -0.05) is 30.3 Å². The summed E-state index contributed by atoms with van der Waals surface area (Å²) in [5, 5.41) is 22.6. The first-order valence-electron chi connectivity index (χ1n) is 6.99. The molecule has 0 radical (unpaired) electrons. The Morgan fingerprint density at radius 3 is 2.26 bits per heavy atom. The van der Waals surface area contributed by atoms with E-state index < -0.39 is 36.2 Å². The lowest BCUT2D eigenvalue weighted by Crippen LogP contribution is -2.53. The Morgan fingerprint density at radius 1 is 1.13 bits per heavy atom. The number of carbonyl (C=O) groups excluding carboxylic acids is 2. The number of aliphatic hydroxyl groups is 1. The van der Waals surface area contributed by atoms with Crippen LogP contribution in [-0.2, 0) is 20.9 Å². The molecule has 0 aliphatic rings. The van der Waals surface area contributed by atoms with Crippen LogP contribution in [0.25, 0.3) is 0 Å². The van der Waals surface area contributed by atoms with Crippen LogP contribution in [0.2, 0.25) is 0 Å². The van der Waals surface area contributed by atoms with Crippen LogP contribution < -0.4 is 10.6 Å². The molecule has 126 valence electrons. The van der Waals surface area contributed by atoms with Crippen molar-refractivity contribution < 1.29 is 29.3 Å². The Hall–Kier alpha value is -2.61. The first kappa shape index (κ1) is 18.4. The number of carbonyl (C=O) groups is 3. The molecule has 1 aromatic carbocycles. The lowest BCUT2D eigenvalue weighted by atomic mass is 10.1. The van der Waals surface area contributed by atoms with E-state index in [0.717, 1.165) is 5.56 Å². The van der Waals surface area contributed by atoms with Crippen molar-refractivity contribution in [1.29, 1.82) is 0 Å². The molecule has 0 aromatic heterocycles. The molecule has 3 atom stereocenters. The Balaban J connectivity index is 2.44. The van der Waals surface area contributed by atoms with Crippen molar-refractivity contribution in [2.45, 2.75) is 38.6 Å². The SMILES string of the molecule is C[C@@H](NC(=O)OCc1ccccc1)C(=O)N[C@@H](C(=O)O)[C@@H](C)O. The Labute approximate surface area is 133 Å². The zero-order chi connectivity index (χ0) is 17.4. The van der Waals surface area contributed by atoms with Gasteiger partial charge in [-0.15, -0.1) is 0 Å². The number of benzene rings is 1. The minimum atomic E-state index is -1.45. The van der Waals surface area contributed by atoms with E-state index in [1.165, 1.54) is 13.8 Å². The summed E-state index contributed by atoms with van der Waals surface area (Å²) >= 11 is 0. The topological polar surface area (TPSA) is 125 Å². The number of carboxylic acids is 1. The summed E-state index contributed by atoms with van der Waals surface area (Å²) in [4.78, 5) is 34.3. The van der Waals surface area contributed by atoms with Gasteiger partial charge in [-0.3, -0.25) is 4.79 Å². The number of rotatable bonds is 7. The van der Waals surface area contributed by atoms with Gasteiger partial charge in [-0.2, -0.15) is 0 Å². The number of aliphatic hydroxyl groups excluding tert-OH is 1. The zero-order valence-electron chi connectivity index (χ0n) is 12.9. The van der Waals surface area contributed by atoms with Crippen molar-refractivity contribution in [3.63, 3.8) is 0 Å². The first-order chi connectivity index (χ1) is 10.8. The number of nitrogens with one attached hydrogen (secondary N) is 2. The second-order valence-corrected chi connectivity index (χ2v) is 4.99. The average Bonchev–Trinajstić information content (AvgIpc) is 2.50. The van der Waals surface area contributed by atoms with Gasteiger partial charge in [-0.25, -0.2) is 9.59 Å². The maximum atomic E-state index is 11.8. The number of ether oxygens (including phenoxy) is 1. The van der Waals surface area contributed by atoms with E-state index in [4.69, 9.17) is 9.84 Å². The van der Waals surface area contributed by atoms with Crippen LogP contribution in [0.15, 0.2) is 30.3 Å². The zero-order valence-corrected chi connectivity index (χ0v) is 12.9. The summed E-state index contributed by atoms with van der Waals surface area (Å²) in [5.41, 5.74) is 0.791. The number of alkyl carbamates (subject to hydrolysis) is 1. The minimum Gasteiger partial charge on any atom is -0.480 e. The van der Waals surface area contributed by atoms with Gasteiger partial charge in [0, 0.05) is 0 Å². The van der Waals surface area contributed by atoms with Crippen LogP contribution in [-0.4, -0.2) is 46.4 Å². The Bertz CT molecular complexity index is 546. The van der Waals surface area contributed by atoms with E-state index >= 15 is 0 Å². The monoisotopic (exact) mass is 324 g/mol. The molecular weight excluding hydrogens is 304 g/mol. The molecule has 4 N–H and O–H groups in total. The maximum Gasteiger partial charge on any atom is 0.408 e. The highest BCUT2D eigenvalue weighted by Gasteiger charge is 2.27. The molecule has 0 bridgehead atoms. The highest BCUT2D eigenvalue weighted by molar-refractivity contribution is 5.89. The third-order valence-corrected chi connectivity index (χ3v) is 2.99. The normalized spacial score (nSPS) is 14.2. The third-order valence-electron chi connectivity index (χ3n) is 2.99. The molecule has 0 spiro atoms. The molecule has 0 unspecified atom stereocenters. The smallest absolute Gasteiger partial charge is 0.408 e. The third kappa shape index (κ3) is 6.35. The number of aliphatic carboxylic acids is 1. The fraction of sp³-hybridized carbons (Fsp3) is 0.400. The van der Waals surface area contributed by atoms with Gasteiger partial charge in [-0.05, 0) is 19.4 Å². The van der Waals surface area contributed by atoms with Gasteiger partial charge in [0.15, 0.2) is 6.04 Å². The minimum absolute atomic E-state index is 0.0481. The molecular formula is C15H20N2O6. The number of hydrogen-bond acceptors (Lipinski definition) is 5. The van der Waals surface area contributed by atoms with Gasteiger partial charge < -0.3 is 25.6 Å². The molecule has 23 heavy (non-hydrogen) atoms. The van der Waals surface area contributed by atoms with E-state index in [2.05, 4.69) is 10.6 Å². The summed E-state index contributed by atoms with van der Waals surface area (Å²) < 4.78 is 4.95. The second-order valence-electron chi connectivity index (χ2n) is 4.99. The predicted octanol–water partition coefficient (Wildman–Crippen LogP) is 0.251. The molecule has 8 heteroatoms. The van der Waals surface area contributed by atoms with Crippen molar-refractivity contribution in [2.24, 2.45) is 0 Å². The largest absolute Gasteiger partial charge is 0.480 e. The summed E-state index contributed by atoms with van der Waals surface area (Å²) in [7, 11) is 0. The van der Waals surface area contributed by atoms with Gasteiger partial charge in [0.1, 0.15) is 12.6 Å². The van der Waals surface area contributed by atoms with Gasteiger partial charge in [0.2, 0.25) is 5.91 Å². The number of carboxylic acid groups (broad SMARTS) is 1. The molecule has 2 amide bonds. The lowest BCUT2D eigenvalue weighted by Gasteiger charge is -2.20. The van der Waals surface area contributed by atoms with Crippen LogP contribution in [0.4, 0.5) is 4.79 Å². The summed E-state index contributed by atoms with van der Waals surface area (Å²) in [6.45, 7) is 2.66. The van der Waals surface area contributed by atoms with Crippen LogP contribution >= 0.6 is 0 Å². The fourth-order valence-corrected chi connectivity index (χ4v) is 1.67. The van der Waals surface area contributed by atoms with Crippen molar-refractivity contribution in [3.05, 3.63) is 35.9 Å². The van der Waals surface area contributed by atoms with Crippen molar-refractivity contribution in [3.8, 4) is 0 Å². The molecule has 0 heterocycles. The summed E-state index contributed by atoms with van der Waals surface area (Å²) in [5.74, 6) is -2.11. The van der Waals surface area contributed by atoms with Crippen LogP contribution in [0, 0.1) is 0 Å². The molecule has 0 saturated carbocycles. The molecule has 0 fully saturated rings. The van der Waals surface area contributed by atoms with Gasteiger partial charge in [0.05, 0.1) is 6.10 Å². The highest BCUT2D eigenvalue weighted by atomic mass is 16.5. The van der Waals surface area contributed by atoms with Crippen LogP contribution in [0.1, 0.15) is 19.4 Å². The quantitative estimate of drug-likeness (QED) is 0.570. The van der Waals surface area contributed by atoms with Crippen LogP contribution in [0.3, 0.4) is 0 Å². The predicted molar refractivity (Wildman–Crippen MR) is 80.5 cm³/mol. The second kappa shape index (κ2) is 8.74. The number of amides is 2. The van der Waals surface area contributed by atoms with E-state index in [1.54, 1.807) is 24.3 Å². The van der Waals surface area contributed by atoms with Crippen molar-refractivity contribution in [2.75, 3.05) is 0 Å². The van der Waals surface area contributed by atoms with Crippen molar-refractivity contribution in [1.82, 2.24) is 10.6 Å². The Kier molecular flexibility index (Phi) is 7.01. The fourth-order valence-electron chi connectivity index (χ4n) is 1.67. The van der Waals surface area contributed by atoms with E-state index in [1.807, 2.05) is 6.07 Å².